The summed E-state index contributed by atoms with van der Waals surface area (Å²) in [5, 5.41) is 5.42. The molecule has 0 bridgehead atoms. The molecular weight excluding hydrogens is 362 g/mol. The van der Waals surface area contributed by atoms with Gasteiger partial charge in [0, 0.05) is 10.0 Å². The molecule has 2 N–H and O–H groups in total. The molecule has 7 heteroatoms. The zero-order valence-corrected chi connectivity index (χ0v) is 15.2. The summed E-state index contributed by atoms with van der Waals surface area (Å²) in [7, 11) is 0. The number of halogens is 1. The van der Waals surface area contributed by atoms with Crippen LogP contribution in [0.1, 0.15) is 33.3 Å². The van der Waals surface area contributed by atoms with E-state index >= 15 is 0 Å². The number of benzene rings is 1. The van der Waals surface area contributed by atoms with E-state index in [2.05, 4.69) is 26.6 Å². The van der Waals surface area contributed by atoms with E-state index in [-0.39, 0.29) is 12.5 Å². The Morgan fingerprint density at radius 2 is 2.00 bits per heavy atom. The topological polar surface area (TPSA) is 78.5 Å². The highest BCUT2D eigenvalue weighted by Crippen LogP contribution is 2.30. The van der Waals surface area contributed by atoms with E-state index < -0.39 is 23.0 Å². The molecular formula is C16H20BrN3O3. The molecule has 1 aliphatic heterocycles. The van der Waals surface area contributed by atoms with Gasteiger partial charge in [-0.25, -0.2) is 4.79 Å². The van der Waals surface area contributed by atoms with E-state index in [1.165, 1.54) is 0 Å². The first kappa shape index (κ1) is 17.5. The fraction of sp³-hybridized carbons (Fsp3) is 0.438. The summed E-state index contributed by atoms with van der Waals surface area (Å²) in [4.78, 5) is 37.8. The van der Waals surface area contributed by atoms with Gasteiger partial charge in [0.05, 0.1) is 0 Å². The van der Waals surface area contributed by atoms with Gasteiger partial charge in [0.25, 0.3) is 5.91 Å². The minimum atomic E-state index is -1.18. The molecule has 4 amide bonds. The van der Waals surface area contributed by atoms with Gasteiger partial charge in [-0.05, 0) is 45.4 Å². The number of nitrogens with zero attached hydrogens (tertiary/aromatic N) is 1. The van der Waals surface area contributed by atoms with E-state index in [1.54, 1.807) is 25.1 Å². The molecule has 23 heavy (non-hydrogen) atoms. The molecule has 0 saturated carbocycles. The Balaban J connectivity index is 2.21. The molecule has 1 aromatic rings. The maximum atomic E-state index is 12.7. The molecule has 1 atom stereocenters. The number of imide groups is 1. The van der Waals surface area contributed by atoms with Crippen molar-refractivity contribution in [2.75, 3.05) is 6.54 Å². The molecule has 6 nitrogen and oxygen atoms in total. The average molecular weight is 382 g/mol. The lowest BCUT2D eigenvalue weighted by molar-refractivity contribution is -0.135. The van der Waals surface area contributed by atoms with Crippen LogP contribution in [0.2, 0.25) is 0 Å². The normalized spacial score (nSPS) is 21.3. The number of hydrogen-bond donors (Lipinski definition) is 2. The third-order valence-corrected chi connectivity index (χ3v) is 3.99. The SMILES string of the molecule is CC(C)(C)NC(=O)CN1C(=O)NC(C)(c2cccc(Br)c2)C1=O. The van der Waals surface area contributed by atoms with E-state index in [9.17, 15) is 14.4 Å². The third-order valence-electron chi connectivity index (χ3n) is 3.49. The molecule has 2 rings (SSSR count). The molecule has 0 aromatic heterocycles. The van der Waals surface area contributed by atoms with Gasteiger partial charge in [-0.15, -0.1) is 0 Å². The van der Waals surface area contributed by atoms with Crippen LogP contribution in [0.3, 0.4) is 0 Å². The van der Waals surface area contributed by atoms with Crippen LogP contribution in [0.4, 0.5) is 4.79 Å². The summed E-state index contributed by atoms with van der Waals surface area (Å²) in [5.74, 6) is -0.816. The summed E-state index contributed by atoms with van der Waals surface area (Å²) >= 11 is 3.36. The zero-order valence-electron chi connectivity index (χ0n) is 13.6. The second-order valence-corrected chi connectivity index (χ2v) is 7.67. The molecule has 124 valence electrons. The minimum Gasteiger partial charge on any atom is -0.350 e. The van der Waals surface area contributed by atoms with Crippen molar-refractivity contribution >= 4 is 33.8 Å². The Bertz CT molecular complexity index is 669. The number of rotatable bonds is 3. The van der Waals surface area contributed by atoms with Gasteiger partial charge in [0.2, 0.25) is 5.91 Å². The van der Waals surface area contributed by atoms with Crippen LogP contribution in [0.5, 0.6) is 0 Å². The quantitative estimate of drug-likeness (QED) is 0.787. The first-order valence-electron chi connectivity index (χ1n) is 7.24. The van der Waals surface area contributed by atoms with Gasteiger partial charge in [-0.2, -0.15) is 0 Å². The lowest BCUT2D eigenvalue weighted by Crippen LogP contribution is -2.48. The van der Waals surface area contributed by atoms with E-state index in [4.69, 9.17) is 0 Å². The van der Waals surface area contributed by atoms with Crippen LogP contribution in [0.25, 0.3) is 0 Å². The number of carbonyl (C=O) groups excluding carboxylic acids is 3. The minimum absolute atomic E-state index is 0.300. The zero-order chi connectivity index (χ0) is 17.4. The van der Waals surface area contributed by atoms with Crippen LogP contribution >= 0.6 is 15.9 Å². The Kier molecular flexibility index (Phi) is 4.52. The molecule has 1 fully saturated rings. The summed E-state index contributed by atoms with van der Waals surface area (Å²) < 4.78 is 0.808. The van der Waals surface area contributed by atoms with E-state index in [1.807, 2.05) is 26.8 Å². The van der Waals surface area contributed by atoms with Crippen LogP contribution < -0.4 is 10.6 Å². The van der Waals surface area contributed by atoms with Crippen molar-refractivity contribution < 1.29 is 14.4 Å². The van der Waals surface area contributed by atoms with E-state index in [0.717, 1.165) is 9.37 Å². The molecule has 0 radical (unpaired) electrons. The smallest absolute Gasteiger partial charge is 0.325 e. The standard InChI is InChI=1S/C16H20BrN3O3/c1-15(2,3)18-12(21)9-20-13(22)16(4,19-14(20)23)10-6-5-7-11(17)8-10/h5-8H,9H2,1-4H3,(H,18,21)(H,19,23). The molecule has 1 heterocycles. The summed E-state index contributed by atoms with van der Waals surface area (Å²) in [5.41, 5.74) is -0.948. The molecule has 0 spiro atoms. The van der Waals surface area contributed by atoms with Crippen LogP contribution in [0.15, 0.2) is 28.7 Å². The number of nitrogens with one attached hydrogen (secondary N) is 2. The van der Waals surface area contributed by atoms with Gasteiger partial charge in [-0.1, -0.05) is 28.1 Å². The Morgan fingerprint density at radius 1 is 1.35 bits per heavy atom. The molecule has 1 aromatic carbocycles. The van der Waals surface area contributed by atoms with Gasteiger partial charge < -0.3 is 10.6 Å². The number of hydrogen-bond acceptors (Lipinski definition) is 3. The maximum Gasteiger partial charge on any atom is 0.325 e. The van der Waals surface area contributed by atoms with Crippen molar-refractivity contribution in [1.29, 1.82) is 0 Å². The van der Waals surface area contributed by atoms with Crippen molar-refractivity contribution in [3.63, 3.8) is 0 Å². The Labute approximate surface area is 143 Å². The Hall–Kier alpha value is -1.89. The fourth-order valence-electron chi connectivity index (χ4n) is 2.44. The molecule has 1 unspecified atom stereocenters. The summed E-state index contributed by atoms with van der Waals surface area (Å²) in [6.07, 6.45) is 0. The van der Waals surface area contributed by atoms with E-state index in [0.29, 0.717) is 5.56 Å². The van der Waals surface area contributed by atoms with Gasteiger partial charge >= 0.3 is 6.03 Å². The second-order valence-electron chi connectivity index (χ2n) is 6.75. The average Bonchev–Trinajstić information content (AvgIpc) is 2.61. The number of carbonyl (C=O) groups is 3. The van der Waals surface area contributed by atoms with Gasteiger partial charge in [-0.3, -0.25) is 14.5 Å². The highest BCUT2D eigenvalue weighted by atomic mass is 79.9. The van der Waals surface area contributed by atoms with Crippen LogP contribution in [-0.2, 0) is 15.1 Å². The highest BCUT2D eigenvalue weighted by Gasteiger charge is 2.49. The number of amides is 4. The largest absolute Gasteiger partial charge is 0.350 e. The monoisotopic (exact) mass is 381 g/mol. The van der Waals surface area contributed by atoms with Crippen molar-refractivity contribution in [2.45, 2.75) is 38.8 Å². The van der Waals surface area contributed by atoms with Crippen LogP contribution in [-0.4, -0.2) is 34.8 Å². The highest BCUT2D eigenvalue weighted by molar-refractivity contribution is 9.10. The third kappa shape index (κ3) is 3.72. The fourth-order valence-corrected chi connectivity index (χ4v) is 2.84. The molecule has 1 aliphatic rings. The first-order valence-corrected chi connectivity index (χ1v) is 8.03. The predicted molar refractivity (Wildman–Crippen MR) is 89.6 cm³/mol. The summed E-state index contributed by atoms with van der Waals surface area (Å²) in [6, 6.07) is 6.60. The lowest BCUT2D eigenvalue weighted by Gasteiger charge is -2.24. The van der Waals surface area contributed by atoms with Crippen molar-refractivity contribution in [1.82, 2.24) is 15.5 Å². The Morgan fingerprint density at radius 3 is 2.57 bits per heavy atom. The van der Waals surface area contributed by atoms with Crippen molar-refractivity contribution in [3.8, 4) is 0 Å². The van der Waals surface area contributed by atoms with Gasteiger partial charge in [0.1, 0.15) is 12.1 Å². The maximum absolute atomic E-state index is 12.7. The van der Waals surface area contributed by atoms with Gasteiger partial charge in [0.15, 0.2) is 0 Å². The first-order chi connectivity index (χ1) is 10.5. The lowest BCUT2D eigenvalue weighted by atomic mass is 9.92. The predicted octanol–water partition coefficient (Wildman–Crippen LogP) is 2.13. The number of urea groups is 1. The van der Waals surface area contributed by atoms with Crippen molar-refractivity contribution in [3.05, 3.63) is 34.3 Å². The summed E-state index contributed by atoms with van der Waals surface area (Å²) in [6.45, 7) is 6.84. The van der Waals surface area contributed by atoms with Crippen molar-refractivity contribution in [2.24, 2.45) is 0 Å². The molecule has 0 aliphatic carbocycles. The second kappa shape index (κ2) is 5.96. The van der Waals surface area contributed by atoms with Crippen LogP contribution in [0, 0.1) is 0 Å². The molecule has 1 saturated heterocycles.